The highest BCUT2D eigenvalue weighted by molar-refractivity contribution is 5.21. The van der Waals surface area contributed by atoms with Crippen LogP contribution >= 0.6 is 0 Å². The van der Waals surface area contributed by atoms with Gasteiger partial charge in [0.25, 0.3) is 0 Å². The van der Waals surface area contributed by atoms with E-state index in [2.05, 4.69) is 20.8 Å². The second kappa shape index (κ2) is 19.1. The minimum Gasteiger partial charge on any atom is -0.396 e. The maximum absolute atomic E-state index is 12.5. The molecule has 4 aliphatic carbocycles. The van der Waals surface area contributed by atoms with Crippen molar-refractivity contribution in [3.63, 3.8) is 0 Å². The molecule has 3 aliphatic heterocycles. The standard InChI is InChI=1S/C45H78O20/c1-41(2)25-9-12-43(4)26(14-20(50)27-19(8-11-44(27,43)5)45(6,10-7-13-46)65-39-35(59)32(56)29(53)23(17-48)61-39)42(25,3)15-21(51)37(41)64-40-36(33(57)30(54)24(18-49)62-40)63-38-34(58)31(55)28(52)22(16-47)60-38/h19-40,46-59H,7-18H2,1-6H3/t19-,20+,21+,22+,23+,24+,25?,26?,27-,28+,29+,30+,31-,32-,33-,34+,35+,36+,37-,38-,39-,40-,42-,43+,44+,45-/m0/s1. The maximum Gasteiger partial charge on any atom is 0.187 e. The van der Waals surface area contributed by atoms with Crippen LogP contribution in [0.25, 0.3) is 0 Å². The van der Waals surface area contributed by atoms with Gasteiger partial charge in [0.15, 0.2) is 18.9 Å². The fourth-order valence-corrected chi connectivity index (χ4v) is 14.8. The molecule has 378 valence electrons. The monoisotopic (exact) mass is 939 g/mol. The molecule has 65 heavy (non-hydrogen) atoms. The van der Waals surface area contributed by atoms with Crippen LogP contribution in [0.3, 0.4) is 0 Å². The van der Waals surface area contributed by atoms with Crippen LogP contribution in [0.4, 0.5) is 0 Å². The minimum absolute atomic E-state index is 0.0994. The largest absolute Gasteiger partial charge is 0.396 e. The molecule has 3 heterocycles. The third-order valence-corrected chi connectivity index (χ3v) is 18.4. The molecular weight excluding hydrogens is 860 g/mol. The molecule has 7 rings (SSSR count). The molecule has 0 aromatic carbocycles. The molecule has 0 spiro atoms. The fraction of sp³-hybridized carbons (Fsp3) is 1.00. The summed E-state index contributed by atoms with van der Waals surface area (Å²) in [5, 5.41) is 151. The van der Waals surface area contributed by atoms with Crippen molar-refractivity contribution in [3.8, 4) is 0 Å². The highest BCUT2D eigenvalue weighted by Crippen LogP contribution is 2.76. The molecule has 0 aromatic heterocycles. The van der Waals surface area contributed by atoms with Gasteiger partial charge in [-0.1, -0.05) is 34.6 Å². The number of rotatable bonds is 13. The van der Waals surface area contributed by atoms with Gasteiger partial charge < -0.3 is 99.9 Å². The first-order valence-electron chi connectivity index (χ1n) is 23.6. The molecule has 26 atom stereocenters. The van der Waals surface area contributed by atoms with Gasteiger partial charge in [0, 0.05) is 6.61 Å². The zero-order valence-electron chi connectivity index (χ0n) is 38.4. The Morgan fingerprint density at radius 3 is 1.66 bits per heavy atom. The van der Waals surface area contributed by atoms with E-state index in [1.165, 1.54) is 0 Å². The van der Waals surface area contributed by atoms with Crippen LogP contribution in [-0.2, 0) is 28.4 Å². The van der Waals surface area contributed by atoms with Gasteiger partial charge in [-0.05, 0) is 104 Å². The third-order valence-electron chi connectivity index (χ3n) is 18.4. The lowest BCUT2D eigenvalue weighted by Gasteiger charge is -2.71. The molecule has 7 aliphatic rings. The van der Waals surface area contributed by atoms with Gasteiger partial charge in [0.1, 0.15) is 73.2 Å². The summed E-state index contributed by atoms with van der Waals surface area (Å²) in [6, 6.07) is 0. The predicted octanol–water partition coefficient (Wildman–Crippen LogP) is -3.03. The molecule has 0 aromatic rings. The Balaban J connectivity index is 1.14. The number of aliphatic hydroxyl groups excluding tert-OH is 14. The van der Waals surface area contributed by atoms with E-state index in [1.54, 1.807) is 0 Å². The van der Waals surface area contributed by atoms with E-state index in [4.69, 9.17) is 28.4 Å². The van der Waals surface area contributed by atoms with Crippen LogP contribution in [-0.4, -0.2) is 214 Å². The van der Waals surface area contributed by atoms with Crippen LogP contribution in [0.1, 0.15) is 92.9 Å². The molecule has 0 radical (unpaired) electrons. The second-order valence-electron chi connectivity index (χ2n) is 22.1. The Kier molecular flexibility index (Phi) is 15.3. The van der Waals surface area contributed by atoms with Crippen LogP contribution < -0.4 is 0 Å². The molecule has 2 unspecified atom stereocenters. The molecule has 3 saturated heterocycles. The van der Waals surface area contributed by atoms with Crippen molar-refractivity contribution in [2.75, 3.05) is 26.4 Å². The molecular formula is C45H78O20. The summed E-state index contributed by atoms with van der Waals surface area (Å²) in [6.07, 6.45) is -22.7. The number of aliphatic hydroxyl groups is 14. The van der Waals surface area contributed by atoms with E-state index >= 15 is 0 Å². The van der Waals surface area contributed by atoms with Gasteiger partial charge in [-0.15, -0.1) is 0 Å². The van der Waals surface area contributed by atoms with E-state index in [9.17, 15) is 71.5 Å². The number of fused-ring (bicyclic) bond motifs is 5. The smallest absolute Gasteiger partial charge is 0.187 e. The topological polar surface area (TPSA) is 339 Å². The lowest BCUT2D eigenvalue weighted by atomic mass is 9.35. The summed E-state index contributed by atoms with van der Waals surface area (Å²) in [5.74, 6) is -0.799. The predicted molar refractivity (Wildman–Crippen MR) is 223 cm³/mol. The summed E-state index contributed by atoms with van der Waals surface area (Å²) < 4.78 is 36.5. The van der Waals surface area contributed by atoms with Gasteiger partial charge in [-0.2, -0.15) is 0 Å². The molecule has 0 amide bonds. The highest BCUT2D eigenvalue weighted by atomic mass is 16.8. The average molecular weight is 939 g/mol. The Bertz CT molecular complexity index is 1610. The fourth-order valence-electron chi connectivity index (χ4n) is 14.8. The van der Waals surface area contributed by atoms with Gasteiger partial charge in [0.2, 0.25) is 0 Å². The Morgan fingerprint density at radius 2 is 1.09 bits per heavy atom. The first-order valence-corrected chi connectivity index (χ1v) is 23.6. The van der Waals surface area contributed by atoms with Crippen LogP contribution in [0, 0.1) is 45.3 Å². The first-order chi connectivity index (χ1) is 30.4. The number of ether oxygens (including phenoxy) is 6. The Morgan fingerprint density at radius 1 is 0.569 bits per heavy atom. The van der Waals surface area contributed by atoms with E-state index in [1.807, 2.05) is 20.8 Å². The van der Waals surface area contributed by atoms with E-state index in [-0.39, 0.29) is 42.1 Å². The van der Waals surface area contributed by atoms with Crippen molar-refractivity contribution in [1.29, 1.82) is 0 Å². The maximum atomic E-state index is 12.5. The van der Waals surface area contributed by atoms with Gasteiger partial charge in [-0.25, -0.2) is 0 Å². The van der Waals surface area contributed by atoms with Crippen LogP contribution in [0.15, 0.2) is 0 Å². The van der Waals surface area contributed by atoms with Gasteiger partial charge in [-0.3, -0.25) is 0 Å². The lowest BCUT2D eigenvalue weighted by molar-refractivity contribution is -0.383. The summed E-state index contributed by atoms with van der Waals surface area (Å²) in [7, 11) is 0. The molecule has 20 nitrogen and oxygen atoms in total. The molecule has 4 saturated carbocycles. The summed E-state index contributed by atoms with van der Waals surface area (Å²) in [6.45, 7) is 10.3. The Hall–Kier alpha value is -0.800. The van der Waals surface area contributed by atoms with Crippen LogP contribution in [0.5, 0.6) is 0 Å². The summed E-state index contributed by atoms with van der Waals surface area (Å²) in [4.78, 5) is 0. The van der Waals surface area contributed by atoms with Crippen molar-refractivity contribution in [2.45, 2.75) is 209 Å². The van der Waals surface area contributed by atoms with E-state index in [0.717, 1.165) is 6.42 Å². The van der Waals surface area contributed by atoms with Crippen LogP contribution in [0.2, 0.25) is 0 Å². The minimum atomic E-state index is -1.85. The van der Waals surface area contributed by atoms with E-state index in [0.29, 0.717) is 38.5 Å². The molecule has 14 N–H and O–H groups in total. The summed E-state index contributed by atoms with van der Waals surface area (Å²) in [5.41, 5.74) is -3.28. The van der Waals surface area contributed by atoms with Crippen molar-refractivity contribution >= 4 is 0 Å². The zero-order chi connectivity index (χ0) is 47.9. The highest BCUT2D eigenvalue weighted by Gasteiger charge is 2.73. The SMILES string of the molecule is CC1(C)C2CC[C@]3(C)C(C[C@@H](O)[C@@H]4[C@@H]([C@](C)(CCCO)O[C@@H]5O[C@H](CO)[C@@H](O)[C@H](O)[C@H]5O)CC[C@]43C)[C@@]2(C)C[C@@H](O)[C@@H]1O[C@@H]1O[C@H](CO)[C@@H](O)[C@H](O)[C@H]1O[C@@H]1O[C@H](CO)[C@@H](O)[C@H](O)[C@H]1O. The second-order valence-corrected chi connectivity index (χ2v) is 22.1. The van der Waals surface area contributed by atoms with Crippen molar-refractivity contribution in [1.82, 2.24) is 0 Å². The van der Waals surface area contributed by atoms with E-state index < -0.39 is 152 Å². The molecule has 7 fully saturated rings. The van der Waals surface area contributed by atoms with Crippen molar-refractivity contribution in [2.24, 2.45) is 45.3 Å². The lowest BCUT2D eigenvalue weighted by Crippen LogP contribution is -2.70. The number of hydrogen-bond donors (Lipinski definition) is 14. The van der Waals surface area contributed by atoms with Gasteiger partial charge in [0.05, 0.1) is 43.7 Å². The summed E-state index contributed by atoms with van der Waals surface area (Å²) >= 11 is 0. The third kappa shape index (κ3) is 8.47. The van der Waals surface area contributed by atoms with Gasteiger partial charge >= 0.3 is 0 Å². The quantitative estimate of drug-likeness (QED) is 0.0817. The molecule has 20 heteroatoms. The number of hydrogen-bond acceptors (Lipinski definition) is 20. The van der Waals surface area contributed by atoms with Crippen molar-refractivity contribution in [3.05, 3.63) is 0 Å². The first kappa shape index (κ1) is 52.0. The Labute approximate surface area is 380 Å². The van der Waals surface area contributed by atoms with Crippen molar-refractivity contribution < 1.29 is 99.9 Å². The average Bonchev–Trinajstić information content (AvgIpc) is 3.65. The normalized spacial score (nSPS) is 54.3. The zero-order valence-corrected chi connectivity index (χ0v) is 38.4. The molecule has 0 bridgehead atoms.